The second-order valence-corrected chi connectivity index (χ2v) is 3.99. The number of rotatable bonds is 2. The van der Waals surface area contributed by atoms with E-state index in [1.54, 1.807) is 0 Å². The summed E-state index contributed by atoms with van der Waals surface area (Å²) in [5.41, 5.74) is 1.10. The predicted molar refractivity (Wildman–Crippen MR) is 65.4 cm³/mol. The largest absolute Gasteiger partial charge is 0.358 e. The second-order valence-electron chi connectivity index (χ2n) is 3.55. The third-order valence-electron chi connectivity index (χ3n) is 2.37. The molecule has 1 aliphatic rings. The molecule has 0 amide bonds. The Morgan fingerprint density at radius 1 is 1.40 bits per heavy atom. The summed E-state index contributed by atoms with van der Waals surface area (Å²) in [6.45, 7) is 1.90. The van der Waals surface area contributed by atoms with Crippen molar-refractivity contribution in [3.8, 4) is 0 Å². The highest BCUT2D eigenvalue weighted by Gasteiger charge is 2.07. The molecule has 2 nitrogen and oxygen atoms in total. The van der Waals surface area contributed by atoms with Crippen molar-refractivity contribution in [3.05, 3.63) is 40.9 Å². The maximum absolute atomic E-state index is 5.89. The predicted octanol–water partition coefficient (Wildman–Crippen LogP) is 2.70. The van der Waals surface area contributed by atoms with Crippen molar-refractivity contribution in [2.24, 2.45) is 4.99 Å². The van der Waals surface area contributed by atoms with E-state index in [0.717, 1.165) is 29.5 Å². The maximum atomic E-state index is 5.89. The molecule has 0 saturated heterocycles. The van der Waals surface area contributed by atoms with Gasteiger partial charge in [0.25, 0.3) is 0 Å². The van der Waals surface area contributed by atoms with Crippen LogP contribution in [0, 0.1) is 0 Å². The first-order chi connectivity index (χ1) is 7.25. The number of hydrogen-bond donors (Lipinski definition) is 0. The summed E-state index contributed by atoms with van der Waals surface area (Å²) in [4.78, 5) is 6.52. The second kappa shape index (κ2) is 4.49. The van der Waals surface area contributed by atoms with Gasteiger partial charge in [-0.2, -0.15) is 0 Å². The van der Waals surface area contributed by atoms with E-state index in [1.807, 2.05) is 43.5 Å². The molecule has 3 heteroatoms. The van der Waals surface area contributed by atoms with Crippen LogP contribution in [0.5, 0.6) is 0 Å². The fourth-order valence-corrected chi connectivity index (χ4v) is 1.71. The smallest absolute Gasteiger partial charge is 0.123 e. The van der Waals surface area contributed by atoms with Gasteiger partial charge in [-0.15, -0.1) is 0 Å². The van der Waals surface area contributed by atoms with Gasteiger partial charge in [0.05, 0.1) is 6.54 Å². The number of amidine groups is 1. The number of benzene rings is 1. The molecule has 78 valence electrons. The molecule has 2 rings (SSSR count). The van der Waals surface area contributed by atoms with Crippen molar-refractivity contribution >= 4 is 23.5 Å². The fourth-order valence-electron chi connectivity index (χ4n) is 1.51. The highest BCUT2D eigenvalue weighted by Crippen LogP contribution is 2.12. The zero-order valence-electron chi connectivity index (χ0n) is 8.65. The van der Waals surface area contributed by atoms with Crippen LogP contribution in [0.4, 0.5) is 0 Å². The number of hydrogen-bond acceptors (Lipinski definition) is 2. The molecule has 15 heavy (non-hydrogen) atoms. The lowest BCUT2D eigenvalue weighted by atomic mass is 10.2. The minimum Gasteiger partial charge on any atom is -0.358 e. The van der Waals surface area contributed by atoms with E-state index in [-0.39, 0.29) is 0 Å². The molecule has 0 N–H and O–H groups in total. The Morgan fingerprint density at radius 3 is 2.93 bits per heavy atom. The van der Waals surface area contributed by atoms with Crippen LogP contribution in [0.2, 0.25) is 5.02 Å². The van der Waals surface area contributed by atoms with Crippen molar-refractivity contribution in [2.75, 3.05) is 20.1 Å². The van der Waals surface area contributed by atoms with Crippen molar-refractivity contribution in [1.82, 2.24) is 4.90 Å². The van der Waals surface area contributed by atoms with Gasteiger partial charge < -0.3 is 4.90 Å². The topological polar surface area (TPSA) is 15.6 Å². The van der Waals surface area contributed by atoms with Gasteiger partial charge in [-0.25, -0.2) is 0 Å². The van der Waals surface area contributed by atoms with Crippen LogP contribution in [0.15, 0.2) is 35.3 Å². The van der Waals surface area contributed by atoms with Crippen LogP contribution in [0.1, 0.15) is 5.56 Å². The Morgan fingerprint density at radius 2 is 2.27 bits per heavy atom. The molecule has 1 aromatic carbocycles. The molecular formula is C12H13ClN2. The molecule has 1 aliphatic heterocycles. The van der Waals surface area contributed by atoms with Gasteiger partial charge in [-0.3, -0.25) is 4.99 Å². The summed E-state index contributed by atoms with van der Waals surface area (Å²) < 4.78 is 0. The molecular weight excluding hydrogens is 208 g/mol. The van der Waals surface area contributed by atoms with E-state index in [2.05, 4.69) is 9.89 Å². The Bertz CT molecular complexity index is 410. The van der Waals surface area contributed by atoms with E-state index in [9.17, 15) is 0 Å². The highest BCUT2D eigenvalue weighted by molar-refractivity contribution is 6.30. The highest BCUT2D eigenvalue weighted by atomic mass is 35.5. The molecule has 0 radical (unpaired) electrons. The lowest BCUT2D eigenvalue weighted by Crippen LogP contribution is -2.20. The van der Waals surface area contributed by atoms with Gasteiger partial charge in [0.1, 0.15) is 5.84 Å². The number of halogens is 1. The van der Waals surface area contributed by atoms with Gasteiger partial charge in [0, 0.05) is 18.6 Å². The van der Waals surface area contributed by atoms with Gasteiger partial charge in [-0.1, -0.05) is 29.8 Å². The summed E-state index contributed by atoms with van der Waals surface area (Å²) >= 11 is 5.89. The molecule has 0 atom stereocenters. The summed E-state index contributed by atoms with van der Waals surface area (Å²) in [7, 11) is 2.05. The minimum atomic E-state index is 0.763. The maximum Gasteiger partial charge on any atom is 0.123 e. The monoisotopic (exact) mass is 220 g/mol. The fraction of sp³-hybridized carbons (Fsp3) is 0.250. The number of aliphatic imine (C=N–C) groups is 1. The molecule has 1 heterocycles. The number of likely N-dealkylation sites (N-methyl/N-ethyl adjacent to an activating group) is 1. The average Bonchev–Trinajstić information content (AvgIpc) is 2.61. The van der Waals surface area contributed by atoms with E-state index in [4.69, 9.17) is 11.6 Å². The molecule has 0 spiro atoms. The molecule has 0 bridgehead atoms. The van der Waals surface area contributed by atoms with Crippen molar-refractivity contribution < 1.29 is 0 Å². The zero-order valence-corrected chi connectivity index (χ0v) is 9.41. The molecule has 0 aromatic heterocycles. The summed E-state index contributed by atoms with van der Waals surface area (Å²) in [6, 6.07) is 7.78. The van der Waals surface area contributed by atoms with Crippen LogP contribution in [0.25, 0.3) is 6.08 Å². The van der Waals surface area contributed by atoms with Crippen molar-refractivity contribution in [2.45, 2.75) is 0 Å². The SMILES string of the molecule is CN1CCN=C1/C=C/c1cccc(Cl)c1. The van der Waals surface area contributed by atoms with Crippen molar-refractivity contribution in [1.29, 1.82) is 0 Å². The van der Waals surface area contributed by atoms with Crippen LogP contribution >= 0.6 is 11.6 Å². The third kappa shape index (κ3) is 2.60. The first kappa shape index (κ1) is 10.2. The first-order valence-corrected chi connectivity index (χ1v) is 5.33. The summed E-state index contributed by atoms with van der Waals surface area (Å²) in [5, 5.41) is 0.763. The van der Waals surface area contributed by atoms with Crippen LogP contribution in [-0.4, -0.2) is 30.9 Å². The lowest BCUT2D eigenvalue weighted by molar-refractivity contribution is 0.558. The standard InChI is InChI=1S/C12H13ClN2/c1-15-8-7-14-12(15)6-5-10-3-2-4-11(13)9-10/h2-6,9H,7-8H2,1H3/b6-5+. The minimum absolute atomic E-state index is 0.763. The van der Waals surface area contributed by atoms with Crippen LogP contribution in [0.3, 0.4) is 0 Å². The van der Waals surface area contributed by atoms with E-state index < -0.39 is 0 Å². The molecule has 0 unspecified atom stereocenters. The van der Waals surface area contributed by atoms with Gasteiger partial charge in [-0.05, 0) is 23.8 Å². The molecule has 0 fully saturated rings. The Kier molecular flexibility index (Phi) is 3.07. The summed E-state index contributed by atoms with van der Waals surface area (Å²) in [6.07, 6.45) is 4.06. The summed E-state index contributed by atoms with van der Waals surface area (Å²) in [5.74, 6) is 1.04. The van der Waals surface area contributed by atoms with Crippen LogP contribution < -0.4 is 0 Å². The normalized spacial score (nSPS) is 16.1. The third-order valence-corrected chi connectivity index (χ3v) is 2.61. The Hall–Kier alpha value is -1.28. The molecule has 0 saturated carbocycles. The first-order valence-electron chi connectivity index (χ1n) is 4.95. The van der Waals surface area contributed by atoms with E-state index >= 15 is 0 Å². The van der Waals surface area contributed by atoms with Gasteiger partial charge >= 0.3 is 0 Å². The van der Waals surface area contributed by atoms with E-state index in [1.165, 1.54) is 0 Å². The molecule has 0 aliphatic carbocycles. The number of nitrogens with zero attached hydrogens (tertiary/aromatic N) is 2. The average molecular weight is 221 g/mol. The Balaban J connectivity index is 2.11. The molecule has 1 aromatic rings. The lowest BCUT2D eigenvalue weighted by Gasteiger charge is -2.09. The van der Waals surface area contributed by atoms with Crippen molar-refractivity contribution in [3.63, 3.8) is 0 Å². The van der Waals surface area contributed by atoms with Gasteiger partial charge in [0.2, 0.25) is 0 Å². The Labute approximate surface area is 94.9 Å². The van der Waals surface area contributed by atoms with E-state index in [0.29, 0.717) is 0 Å². The quantitative estimate of drug-likeness (QED) is 0.748. The van der Waals surface area contributed by atoms with Crippen LogP contribution in [-0.2, 0) is 0 Å². The van der Waals surface area contributed by atoms with Gasteiger partial charge in [0.15, 0.2) is 0 Å². The zero-order chi connectivity index (χ0) is 10.7.